The fraction of sp³-hybridized carbons (Fsp3) is 0.222. The Kier molecular flexibility index (Phi) is 6.06. The van der Waals surface area contributed by atoms with Gasteiger partial charge in [-0.25, -0.2) is 18.0 Å². The smallest absolute Gasteiger partial charge is 0.339 e. The number of sulfone groups is 1. The van der Waals surface area contributed by atoms with Crippen LogP contribution in [-0.2, 0) is 9.84 Å². The zero-order chi connectivity index (χ0) is 20.2. The van der Waals surface area contributed by atoms with Crippen molar-refractivity contribution in [3.8, 4) is 11.5 Å². The van der Waals surface area contributed by atoms with Crippen LogP contribution in [0.4, 0.5) is 0 Å². The topological polar surface area (TPSA) is 127 Å². The van der Waals surface area contributed by atoms with Gasteiger partial charge in [-0.05, 0) is 50.2 Å². The van der Waals surface area contributed by atoms with Crippen LogP contribution in [0.2, 0.25) is 0 Å². The molecule has 2 aromatic carbocycles. The number of carbonyl (C=O) groups is 2. The number of carboxylic acid groups (broad SMARTS) is 2. The second kappa shape index (κ2) is 8.09. The van der Waals surface area contributed by atoms with Crippen LogP contribution in [-0.4, -0.2) is 43.8 Å². The first-order valence-corrected chi connectivity index (χ1v) is 9.46. The highest BCUT2D eigenvalue weighted by Crippen LogP contribution is 2.30. The molecule has 0 aliphatic carbocycles. The molecule has 0 saturated heterocycles. The predicted molar refractivity (Wildman–Crippen MR) is 94.6 cm³/mol. The van der Waals surface area contributed by atoms with E-state index < -0.39 is 21.8 Å². The zero-order valence-corrected chi connectivity index (χ0v) is 15.4. The minimum absolute atomic E-state index is 0.0434. The lowest BCUT2D eigenvalue weighted by molar-refractivity contribution is 0.0681. The average Bonchev–Trinajstić information content (AvgIpc) is 2.62. The van der Waals surface area contributed by atoms with Crippen LogP contribution < -0.4 is 9.47 Å². The Morgan fingerprint density at radius 2 is 1.19 bits per heavy atom. The molecule has 0 aliphatic heterocycles. The van der Waals surface area contributed by atoms with Gasteiger partial charge < -0.3 is 19.7 Å². The first-order valence-electron chi connectivity index (χ1n) is 7.97. The van der Waals surface area contributed by atoms with E-state index in [0.29, 0.717) is 0 Å². The Hall–Kier alpha value is -3.07. The highest BCUT2D eigenvalue weighted by molar-refractivity contribution is 7.91. The van der Waals surface area contributed by atoms with Crippen molar-refractivity contribution in [2.24, 2.45) is 0 Å². The predicted octanol–water partition coefficient (Wildman–Crippen LogP) is 2.71. The first-order chi connectivity index (χ1) is 12.7. The molecule has 0 aromatic heterocycles. The van der Waals surface area contributed by atoms with Gasteiger partial charge >= 0.3 is 11.9 Å². The van der Waals surface area contributed by atoms with Gasteiger partial charge in [0.1, 0.15) is 22.6 Å². The number of hydrogen-bond donors (Lipinski definition) is 2. The summed E-state index contributed by atoms with van der Waals surface area (Å²) in [6, 6.07) is 6.91. The van der Waals surface area contributed by atoms with Gasteiger partial charge in [0.15, 0.2) is 0 Å². The van der Waals surface area contributed by atoms with E-state index in [1.54, 1.807) is 13.8 Å². The molecular formula is C18H18O8S. The minimum atomic E-state index is -4.15. The summed E-state index contributed by atoms with van der Waals surface area (Å²) in [4.78, 5) is 22.2. The summed E-state index contributed by atoms with van der Waals surface area (Å²) in [5.41, 5.74) is -0.607. The van der Waals surface area contributed by atoms with Crippen molar-refractivity contribution in [2.45, 2.75) is 23.6 Å². The molecule has 144 valence electrons. The van der Waals surface area contributed by atoms with Gasteiger partial charge in [-0.3, -0.25) is 0 Å². The molecule has 2 aromatic rings. The van der Waals surface area contributed by atoms with Gasteiger partial charge in [0.25, 0.3) is 0 Å². The van der Waals surface area contributed by atoms with Crippen LogP contribution in [0.25, 0.3) is 0 Å². The maximum Gasteiger partial charge on any atom is 0.339 e. The molecule has 2 N–H and O–H groups in total. The SMILES string of the molecule is CCOc1ccc(S(=O)(=O)c2ccc(OCC)c(C(=O)O)c2)cc1C(=O)O. The summed E-state index contributed by atoms with van der Waals surface area (Å²) >= 11 is 0. The average molecular weight is 394 g/mol. The van der Waals surface area contributed by atoms with Crippen LogP contribution in [0, 0.1) is 0 Å². The largest absolute Gasteiger partial charge is 0.493 e. The monoisotopic (exact) mass is 394 g/mol. The standard InChI is InChI=1S/C18H18O8S/c1-3-25-15-7-5-11(9-13(15)17(19)20)27(23,24)12-6-8-16(26-4-2)14(10-12)18(21)22/h5-10H,3-4H2,1-2H3,(H,19,20)(H,21,22). The van der Waals surface area contributed by atoms with Crippen molar-refractivity contribution < 1.29 is 37.7 Å². The molecule has 9 heteroatoms. The molecule has 8 nitrogen and oxygen atoms in total. The van der Waals surface area contributed by atoms with Gasteiger partial charge in [0.05, 0.1) is 23.0 Å². The molecule has 0 saturated carbocycles. The Labute approximate surface area is 155 Å². The van der Waals surface area contributed by atoms with Crippen molar-refractivity contribution in [1.82, 2.24) is 0 Å². The van der Waals surface area contributed by atoms with Crippen molar-refractivity contribution >= 4 is 21.8 Å². The maximum absolute atomic E-state index is 12.9. The first kappa shape index (κ1) is 20.2. The molecule has 0 heterocycles. The molecule has 0 spiro atoms. The van der Waals surface area contributed by atoms with Crippen LogP contribution in [0.1, 0.15) is 34.6 Å². The van der Waals surface area contributed by atoms with E-state index >= 15 is 0 Å². The van der Waals surface area contributed by atoms with Gasteiger partial charge in [-0.2, -0.15) is 0 Å². The van der Waals surface area contributed by atoms with Gasteiger partial charge in [-0.1, -0.05) is 0 Å². The number of benzene rings is 2. The van der Waals surface area contributed by atoms with Gasteiger partial charge in [0.2, 0.25) is 9.84 Å². The van der Waals surface area contributed by atoms with Crippen LogP contribution in [0.5, 0.6) is 11.5 Å². The molecule has 0 fully saturated rings. The van der Waals surface area contributed by atoms with Crippen LogP contribution in [0.15, 0.2) is 46.2 Å². The summed E-state index contributed by atoms with van der Waals surface area (Å²) in [5.74, 6) is -2.59. The summed E-state index contributed by atoms with van der Waals surface area (Å²) in [7, 11) is -4.15. The second-order valence-corrected chi connectivity index (χ2v) is 7.25. The lowest BCUT2D eigenvalue weighted by Gasteiger charge is -2.12. The fourth-order valence-electron chi connectivity index (χ4n) is 2.39. The number of rotatable bonds is 8. The molecule has 0 unspecified atom stereocenters. The van der Waals surface area contributed by atoms with E-state index in [1.807, 2.05) is 0 Å². The van der Waals surface area contributed by atoms with Crippen molar-refractivity contribution in [3.63, 3.8) is 0 Å². The van der Waals surface area contributed by atoms with Crippen LogP contribution in [0.3, 0.4) is 0 Å². The van der Waals surface area contributed by atoms with Gasteiger partial charge in [-0.15, -0.1) is 0 Å². The van der Waals surface area contributed by atoms with E-state index in [-0.39, 0.29) is 45.6 Å². The quantitative estimate of drug-likeness (QED) is 0.700. The highest BCUT2D eigenvalue weighted by Gasteiger charge is 2.24. The molecule has 2 rings (SSSR count). The van der Waals surface area contributed by atoms with Crippen molar-refractivity contribution in [1.29, 1.82) is 0 Å². The normalized spacial score (nSPS) is 11.0. The van der Waals surface area contributed by atoms with E-state index in [1.165, 1.54) is 24.3 Å². The van der Waals surface area contributed by atoms with E-state index in [0.717, 1.165) is 12.1 Å². The van der Waals surface area contributed by atoms with Crippen molar-refractivity contribution in [3.05, 3.63) is 47.5 Å². The Morgan fingerprint density at radius 1 is 0.815 bits per heavy atom. The number of ether oxygens (including phenoxy) is 2. The fourth-order valence-corrected chi connectivity index (χ4v) is 3.70. The molecular weight excluding hydrogens is 376 g/mol. The lowest BCUT2D eigenvalue weighted by Crippen LogP contribution is -2.09. The maximum atomic E-state index is 12.9. The summed E-state index contributed by atoms with van der Waals surface area (Å²) < 4.78 is 36.1. The number of carboxylic acids is 2. The third-order valence-corrected chi connectivity index (χ3v) is 5.33. The molecule has 0 bridgehead atoms. The van der Waals surface area contributed by atoms with Gasteiger partial charge in [0, 0.05) is 0 Å². The lowest BCUT2D eigenvalue weighted by atomic mass is 10.2. The summed E-state index contributed by atoms with van der Waals surface area (Å²) in [6.07, 6.45) is 0. The third kappa shape index (κ3) is 4.20. The number of aromatic carboxylic acids is 2. The molecule has 0 radical (unpaired) electrons. The van der Waals surface area contributed by atoms with E-state index in [2.05, 4.69) is 0 Å². The molecule has 0 amide bonds. The zero-order valence-electron chi connectivity index (χ0n) is 14.6. The van der Waals surface area contributed by atoms with E-state index in [4.69, 9.17) is 9.47 Å². The highest BCUT2D eigenvalue weighted by atomic mass is 32.2. The number of hydrogen-bond acceptors (Lipinski definition) is 6. The Morgan fingerprint density at radius 3 is 1.48 bits per heavy atom. The third-order valence-electron chi connectivity index (χ3n) is 3.58. The molecule has 27 heavy (non-hydrogen) atoms. The Balaban J connectivity index is 2.59. The van der Waals surface area contributed by atoms with Crippen LogP contribution >= 0.6 is 0 Å². The second-order valence-electron chi connectivity index (χ2n) is 5.30. The Bertz CT molecular complexity index is 905. The van der Waals surface area contributed by atoms with E-state index in [9.17, 15) is 28.2 Å². The van der Waals surface area contributed by atoms with Crippen molar-refractivity contribution in [2.75, 3.05) is 13.2 Å². The molecule has 0 atom stereocenters. The molecule has 0 aliphatic rings. The summed E-state index contributed by atoms with van der Waals surface area (Å²) in [6.45, 7) is 3.77. The minimum Gasteiger partial charge on any atom is -0.493 e. The summed E-state index contributed by atoms with van der Waals surface area (Å²) in [5, 5.41) is 18.6.